The third kappa shape index (κ3) is 4.38. The van der Waals surface area contributed by atoms with Crippen LogP contribution in [0.4, 0.5) is 0 Å². The molecule has 0 bridgehead atoms. The number of carbonyl (C=O) groups is 1. The van der Waals surface area contributed by atoms with E-state index in [0.29, 0.717) is 24.2 Å². The van der Waals surface area contributed by atoms with Crippen LogP contribution in [0.25, 0.3) is 5.69 Å². The molecule has 0 spiro atoms. The van der Waals surface area contributed by atoms with Crippen LogP contribution in [0.3, 0.4) is 0 Å². The van der Waals surface area contributed by atoms with Gasteiger partial charge in [0, 0.05) is 25.2 Å². The number of aromatic nitrogens is 2. The summed E-state index contributed by atoms with van der Waals surface area (Å²) in [5, 5.41) is 7.21. The van der Waals surface area contributed by atoms with E-state index in [4.69, 9.17) is 0 Å². The Morgan fingerprint density at radius 3 is 2.73 bits per heavy atom. The van der Waals surface area contributed by atoms with Crippen LogP contribution >= 0.6 is 0 Å². The standard InChI is InChI=1S/C20H26N4O2/c1-15(2)23-12-6-7-16(14-23)13-21-20(26)18-10-11-19(25)24(22-18)17-8-4-3-5-9-17/h3-5,8-11,15-16H,6-7,12-14H2,1-2H3,(H,21,26). The first-order valence-electron chi connectivity index (χ1n) is 9.22. The van der Waals surface area contributed by atoms with Gasteiger partial charge in [-0.2, -0.15) is 9.78 Å². The van der Waals surface area contributed by atoms with Gasteiger partial charge < -0.3 is 10.2 Å². The molecule has 0 aliphatic carbocycles. The maximum Gasteiger partial charge on any atom is 0.271 e. The first-order chi connectivity index (χ1) is 12.5. The number of piperidine rings is 1. The topological polar surface area (TPSA) is 67.2 Å². The highest BCUT2D eigenvalue weighted by molar-refractivity contribution is 5.92. The largest absolute Gasteiger partial charge is 0.350 e. The Bertz CT molecular complexity index is 801. The summed E-state index contributed by atoms with van der Waals surface area (Å²) >= 11 is 0. The average Bonchev–Trinajstić information content (AvgIpc) is 2.67. The minimum atomic E-state index is -0.257. The van der Waals surface area contributed by atoms with Crippen LogP contribution < -0.4 is 10.9 Å². The minimum Gasteiger partial charge on any atom is -0.350 e. The molecule has 1 saturated heterocycles. The van der Waals surface area contributed by atoms with Crippen molar-refractivity contribution in [1.82, 2.24) is 20.0 Å². The van der Waals surface area contributed by atoms with E-state index in [1.807, 2.05) is 18.2 Å². The van der Waals surface area contributed by atoms with Gasteiger partial charge in [-0.05, 0) is 57.4 Å². The molecule has 2 aromatic rings. The van der Waals surface area contributed by atoms with E-state index in [-0.39, 0.29) is 17.2 Å². The van der Waals surface area contributed by atoms with Crippen LogP contribution in [-0.4, -0.2) is 46.3 Å². The van der Waals surface area contributed by atoms with E-state index in [1.165, 1.54) is 16.8 Å². The highest BCUT2D eigenvalue weighted by Crippen LogP contribution is 2.17. The van der Waals surface area contributed by atoms with Crippen LogP contribution in [0.5, 0.6) is 0 Å². The van der Waals surface area contributed by atoms with Gasteiger partial charge in [0.25, 0.3) is 11.5 Å². The molecule has 138 valence electrons. The Kier molecular flexibility index (Phi) is 5.83. The smallest absolute Gasteiger partial charge is 0.271 e. The molecule has 2 heterocycles. The third-order valence-corrected chi connectivity index (χ3v) is 4.87. The highest BCUT2D eigenvalue weighted by atomic mass is 16.2. The zero-order chi connectivity index (χ0) is 18.5. The second kappa shape index (κ2) is 8.27. The fourth-order valence-corrected chi connectivity index (χ4v) is 3.35. The van der Waals surface area contributed by atoms with Gasteiger partial charge in [0.1, 0.15) is 5.69 Å². The molecule has 1 atom stereocenters. The molecular weight excluding hydrogens is 328 g/mol. The molecule has 6 nitrogen and oxygen atoms in total. The van der Waals surface area contributed by atoms with Crippen LogP contribution in [0, 0.1) is 5.92 Å². The third-order valence-electron chi connectivity index (χ3n) is 4.87. The predicted octanol–water partition coefficient (Wildman–Crippen LogP) is 2.08. The van der Waals surface area contributed by atoms with Crippen LogP contribution in [0.15, 0.2) is 47.3 Å². The summed E-state index contributed by atoms with van der Waals surface area (Å²) in [6.07, 6.45) is 2.29. The Morgan fingerprint density at radius 1 is 1.23 bits per heavy atom. The van der Waals surface area contributed by atoms with Crippen molar-refractivity contribution >= 4 is 5.91 Å². The molecule has 26 heavy (non-hydrogen) atoms. The average molecular weight is 354 g/mol. The SMILES string of the molecule is CC(C)N1CCCC(CNC(=O)c2ccc(=O)n(-c3ccccc3)n2)C1. The number of hydrogen-bond donors (Lipinski definition) is 1. The van der Waals surface area contributed by atoms with E-state index in [0.717, 1.165) is 25.9 Å². The summed E-state index contributed by atoms with van der Waals surface area (Å²) < 4.78 is 1.26. The van der Waals surface area contributed by atoms with Crippen molar-refractivity contribution in [2.24, 2.45) is 5.92 Å². The number of likely N-dealkylation sites (tertiary alicyclic amines) is 1. The normalized spacial score (nSPS) is 18.0. The molecule has 1 unspecified atom stereocenters. The zero-order valence-electron chi connectivity index (χ0n) is 15.4. The maximum atomic E-state index is 12.5. The molecule has 1 amide bonds. The Balaban J connectivity index is 1.66. The summed E-state index contributed by atoms with van der Waals surface area (Å²) in [6.45, 7) is 7.18. The van der Waals surface area contributed by atoms with Gasteiger partial charge in [0.2, 0.25) is 0 Å². The van der Waals surface area contributed by atoms with Gasteiger partial charge in [0.15, 0.2) is 0 Å². The molecule has 1 N–H and O–H groups in total. The Morgan fingerprint density at radius 2 is 2.00 bits per heavy atom. The number of carbonyl (C=O) groups excluding carboxylic acids is 1. The number of para-hydroxylation sites is 1. The van der Waals surface area contributed by atoms with Crippen molar-refractivity contribution < 1.29 is 4.79 Å². The lowest BCUT2D eigenvalue weighted by Crippen LogP contribution is -2.44. The molecule has 1 aliphatic rings. The van der Waals surface area contributed by atoms with E-state index in [2.05, 4.69) is 29.2 Å². The van der Waals surface area contributed by atoms with Crippen molar-refractivity contribution in [3.8, 4) is 5.69 Å². The summed E-state index contributed by atoms with van der Waals surface area (Å²) in [4.78, 5) is 27.0. The molecule has 3 rings (SSSR count). The predicted molar refractivity (Wildman–Crippen MR) is 102 cm³/mol. The lowest BCUT2D eigenvalue weighted by atomic mass is 9.97. The van der Waals surface area contributed by atoms with Crippen LogP contribution in [0.2, 0.25) is 0 Å². The second-order valence-corrected chi connectivity index (χ2v) is 7.11. The van der Waals surface area contributed by atoms with Gasteiger partial charge in [-0.25, -0.2) is 0 Å². The summed E-state index contributed by atoms with van der Waals surface area (Å²) in [7, 11) is 0. The highest BCUT2D eigenvalue weighted by Gasteiger charge is 2.22. The quantitative estimate of drug-likeness (QED) is 0.893. The fourth-order valence-electron chi connectivity index (χ4n) is 3.35. The van der Waals surface area contributed by atoms with Gasteiger partial charge in [0.05, 0.1) is 5.69 Å². The molecule has 1 fully saturated rings. The van der Waals surface area contributed by atoms with Gasteiger partial charge in [-0.1, -0.05) is 18.2 Å². The lowest BCUT2D eigenvalue weighted by molar-refractivity contribution is 0.0916. The second-order valence-electron chi connectivity index (χ2n) is 7.11. The first kappa shape index (κ1) is 18.3. The number of nitrogens with zero attached hydrogens (tertiary/aromatic N) is 3. The molecular formula is C20H26N4O2. The van der Waals surface area contributed by atoms with E-state index < -0.39 is 0 Å². The molecule has 6 heteroatoms. The summed E-state index contributed by atoms with van der Waals surface area (Å²) in [6, 6.07) is 12.5. The number of rotatable bonds is 5. The number of amides is 1. The minimum absolute atomic E-state index is 0.239. The molecule has 0 radical (unpaired) electrons. The summed E-state index contributed by atoms with van der Waals surface area (Å²) in [5.41, 5.74) is 0.643. The van der Waals surface area contributed by atoms with Crippen molar-refractivity contribution in [3.63, 3.8) is 0 Å². The Labute approximate surface area is 153 Å². The van der Waals surface area contributed by atoms with Gasteiger partial charge in [-0.15, -0.1) is 0 Å². The lowest BCUT2D eigenvalue weighted by Gasteiger charge is -2.35. The number of hydrogen-bond acceptors (Lipinski definition) is 4. The van der Waals surface area contributed by atoms with Crippen LogP contribution in [0.1, 0.15) is 37.2 Å². The van der Waals surface area contributed by atoms with E-state index in [9.17, 15) is 9.59 Å². The van der Waals surface area contributed by atoms with Crippen molar-refractivity contribution in [2.45, 2.75) is 32.7 Å². The van der Waals surface area contributed by atoms with Crippen LogP contribution in [-0.2, 0) is 0 Å². The van der Waals surface area contributed by atoms with Gasteiger partial charge >= 0.3 is 0 Å². The summed E-state index contributed by atoms with van der Waals surface area (Å²) in [5.74, 6) is 0.214. The van der Waals surface area contributed by atoms with Gasteiger partial charge in [-0.3, -0.25) is 9.59 Å². The van der Waals surface area contributed by atoms with E-state index in [1.54, 1.807) is 12.1 Å². The molecule has 0 saturated carbocycles. The maximum absolute atomic E-state index is 12.5. The number of nitrogens with one attached hydrogen (secondary N) is 1. The molecule has 1 aromatic heterocycles. The fraction of sp³-hybridized carbons (Fsp3) is 0.450. The zero-order valence-corrected chi connectivity index (χ0v) is 15.4. The molecule has 1 aliphatic heterocycles. The monoisotopic (exact) mass is 354 g/mol. The number of benzene rings is 1. The molecule has 1 aromatic carbocycles. The first-order valence-corrected chi connectivity index (χ1v) is 9.22. The van der Waals surface area contributed by atoms with Crippen molar-refractivity contribution in [2.75, 3.05) is 19.6 Å². The van der Waals surface area contributed by atoms with Crippen molar-refractivity contribution in [3.05, 3.63) is 58.5 Å². The Hall–Kier alpha value is -2.47. The van der Waals surface area contributed by atoms with E-state index >= 15 is 0 Å². The van der Waals surface area contributed by atoms with Crippen molar-refractivity contribution in [1.29, 1.82) is 0 Å².